The molecule has 0 aliphatic carbocycles. The molecule has 10 heavy (non-hydrogen) atoms. The third-order valence-electron chi connectivity index (χ3n) is 0.696. The molecule has 0 atom stereocenters. The van der Waals surface area contributed by atoms with Crippen molar-refractivity contribution in [3.8, 4) is 0 Å². The highest BCUT2D eigenvalue weighted by Crippen LogP contribution is 1.82. The van der Waals surface area contributed by atoms with Crippen molar-refractivity contribution in [2.24, 2.45) is 4.99 Å². The topological polar surface area (TPSA) is 58.9 Å². The molecule has 0 heterocycles. The predicted molar refractivity (Wildman–Crippen MR) is 37.2 cm³/mol. The molecule has 1 amide bonds. The minimum atomic E-state index is -0.643. The summed E-state index contributed by atoms with van der Waals surface area (Å²) in [6.45, 7) is 1.72. The number of hydrogen-bond donors (Lipinski definition) is 1. The molecule has 0 fully saturated rings. The van der Waals surface area contributed by atoms with Gasteiger partial charge in [-0.25, -0.2) is 4.79 Å². The summed E-state index contributed by atoms with van der Waals surface area (Å²) in [5.74, 6) is 0. The Hall–Kier alpha value is -0.900. The van der Waals surface area contributed by atoms with Gasteiger partial charge in [0.1, 0.15) is 6.61 Å². The molecule has 0 unspecified atom stereocenters. The van der Waals surface area contributed by atoms with Crippen molar-refractivity contribution < 1.29 is 14.6 Å². The zero-order valence-electron chi connectivity index (χ0n) is 5.91. The molecule has 0 aliphatic rings. The Balaban J connectivity index is 3.34. The Morgan fingerprint density at radius 2 is 2.50 bits per heavy atom. The van der Waals surface area contributed by atoms with Crippen LogP contribution in [0.5, 0.6) is 0 Å². The molecule has 0 spiro atoms. The Morgan fingerprint density at radius 1 is 1.80 bits per heavy atom. The lowest BCUT2D eigenvalue weighted by molar-refractivity contribution is 0.128. The van der Waals surface area contributed by atoms with E-state index in [1.54, 1.807) is 0 Å². The summed E-state index contributed by atoms with van der Waals surface area (Å²) in [5, 5.41) is 8.21. The second-order valence-electron chi connectivity index (χ2n) is 1.56. The van der Waals surface area contributed by atoms with Crippen LogP contribution in [-0.2, 0) is 4.74 Å². The van der Waals surface area contributed by atoms with Crippen molar-refractivity contribution in [2.45, 2.75) is 13.3 Å². The highest BCUT2D eigenvalue weighted by Gasteiger charge is 1.93. The molecule has 0 aromatic heterocycles. The van der Waals surface area contributed by atoms with Crippen LogP contribution in [0.3, 0.4) is 0 Å². The van der Waals surface area contributed by atoms with Gasteiger partial charge in [-0.3, -0.25) is 0 Å². The van der Waals surface area contributed by atoms with Gasteiger partial charge >= 0.3 is 6.09 Å². The predicted octanol–water partition coefficient (Wildman–Crippen LogP) is 0.596. The number of carbonyl (C=O) groups excluding carboxylic acids is 1. The van der Waals surface area contributed by atoms with E-state index in [-0.39, 0.29) is 13.2 Å². The van der Waals surface area contributed by atoms with Gasteiger partial charge in [0.15, 0.2) is 0 Å². The first-order valence-corrected chi connectivity index (χ1v) is 3.11. The van der Waals surface area contributed by atoms with E-state index in [0.717, 1.165) is 0 Å². The Bertz CT molecular complexity index is 122. The van der Waals surface area contributed by atoms with Crippen LogP contribution >= 0.6 is 0 Å². The van der Waals surface area contributed by atoms with Gasteiger partial charge in [-0.05, 0) is 6.42 Å². The molecular weight excluding hydrogens is 134 g/mol. The highest BCUT2D eigenvalue weighted by atomic mass is 16.6. The summed E-state index contributed by atoms with van der Waals surface area (Å²) >= 11 is 0. The maximum absolute atomic E-state index is 10.4. The van der Waals surface area contributed by atoms with Crippen LogP contribution in [0.25, 0.3) is 0 Å². The Morgan fingerprint density at radius 3 is 3.00 bits per heavy atom. The third kappa shape index (κ3) is 5.24. The molecule has 0 saturated heterocycles. The number of carbonyl (C=O) groups is 1. The van der Waals surface area contributed by atoms with E-state index >= 15 is 0 Å². The van der Waals surface area contributed by atoms with Crippen molar-refractivity contribution in [2.75, 3.05) is 13.2 Å². The van der Waals surface area contributed by atoms with Gasteiger partial charge in [0.25, 0.3) is 0 Å². The molecule has 58 valence electrons. The van der Waals surface area contributed by atoms with Crippen LogP contribution in [0.1, 0.15) is 13.3 Å². The summed E-state index contributed by atoms with van der Waals surface area (Å²) in [5.41, 5.74) is 0. The van der Waals surface area contributed by atoms with Gasteiger partial charge in [-0.15, -0.1) is 0 Å². The van der Waals surface area contributed by atoms with E-state index in [4.69, 9.17) is 5.11 Å². The third-order valence-corrected chi connectivity index (χ3v) is 0.696. The fourth-order valence-corrected chi connectivity index (χ4v) is 0.336. The van der Waals surface area contributed by atoms with Crippen molar-refractivity contribution in [3.05, 3.63) is 0 Å². The molecule has 0 aliphatic heterocycles. The SMILES string of the molecule is CCC=NC(=O)OCCO. The maximum Gasteiger partial charge on any atom is 0.433 e. The van der Waals surface area contributed by atoms with Gasteiger partial charge in [-0.2, -0.15) is 4.99 Å². The first kappa shape index (κ1) is 9.10. The standard InChI is InChI=1S/C6H11NO3/c1-2-3-7-6(9)10-5-4-8/h3,8H,2,4-5H2,1H3. The Kier molecular flexibility index (Phi) is 5.66. The van der Waals surface area contributed by atoms with E-state index < -0.39 is 6.09 Å². The minimum Gasteiger partial charge on any atom is -0.445 e. The number of aliphatic hydroxyl groups is 1. The molecule has 0 bridgehead atoms. The van der Waals surface area contributed by atoms with E-state index in [0.29, 0.717) is 6.42 Å². The number of aliphatic hydroxyl groups excluding tert-OH is 1. The van der Waals surface area contributed by atoms with Crippen molar-refractivity contribution in [1.29, 1.82) is 0 Å². The zero-order valence-corrected chi connectivity index (χ0v) is 5.91. The molecular formula is C6H11NO3. The molecule has 0 aromatic rings. The first-order chi connectivity index (χ1) is 4.81. The second-order valence-corrected chi connectivity index (χ2v) is 1.56. The molecule has 4 heteroatoms. The van der Waals surface area contributed by atoms with Crippen LogP contribution in [0.15, 0.2) is 4.99 Å². The average molecular weight is 145 g/mol. The van der Waals surface area contributed by atoms with Crippen LogP contribution in [0.2, 0.25) is 0 Å². The van der Waals surface area contributed by atoms with Gasteiger partial charge in [-0.1, -0.05) is 6.92 Å². The van der Waals surface area contributed by atoms with E-state index in [1.807, 2.05) is 6.92 Å². The average Bonchev–Trinajstić information content (AvgIpc) is 1.97. The van der Waals surface area contributed by atoms with Crippen molar-refractivity contribution in [3.63, 3.8) is 0 Å². The largest absolute Gasteiger partial charge is 0.445 e. The Labute approximate surface area is 59.5 Å². The number of aliphatic imine (C=N–C) groups is 1. The number of hydrogen-bond acceptors (Lipinski definition) is 3. The fraction of sp³-hybridized carbons (Fsp3) is 0.667. The van der Waals surface area contributed by atoms with Crippen LogP contribution in [0, 0.1) is 0 Å². The fourth-order valence-electron chi connectivity index (χ4n) is 0.336. The summed E-state index contributed by atoms with van der Waals surface area (Å²) in [6.07, 6.45) is 1.52. The number of amides is 1. The molecule has 0 saturated carbocycles. The molecule has 0 rings (SSSR count). The lowest BCUT2D eigenvalue weighted by atomic mass is 10.5. The highest BCUT2D eigenvalue weighted by molar-refractivity contribution is 5.78. The van der Waals surface area contributed by atoms with Gasteiger partial charge in [0, 0.05) is 6.21 Å². The van der Waals surface area contributed by atoms with E-state index in [2.05, 4.69) is 9.73 Å². The summed E-state index contributed by atoms with van der Waals surface area (Å²) in [7, 11) is 0. The molecule has 0 radical (unpaired) electrons. The summed E-state index contributed by atoms with van der Waals surface area (Å²) < 4.78 is 4.41. The van der Waals surface area contributed by atoms with Gasteiger partial charge in [0.2, 0.25) is 0 Å². The van der Waals surface area contributed by atoms with Crippen LogP contribution in [0.4, 0.5) is 4.79 Å². The van der Waals surface area contributed by atoms with Crippen LogP contribution < -0.4 is 0 Å². The number of rotatable bonds is 3. The maximum atomic E-state index is 10.4. The monoisotopic (exact) mass is 145 g/mol. The van der Waals surface area contributed by atoms with Crippen molar-refractivity contribution in [1.82, 2.24) is 0 Å². The normalized spacial score (nSPS) is 10.2. The number of ether oxygens (including phenoxy) is 1. The lowest BCUT2D eigenvalue weighted by Crippen LogP contribution is -2.03. The molecule has 4 nitrogen and oxygen atoms in total. The smallest absolute Gasteiger partial charge is 0.433 e. The molecule has 0 aromatic carbocycles. The minimum absolute atomic E-state index is 0.0138. The summed E-state index contributed by atoms with van der Waals surface area (Å²) in [4.78, 5) is 13.8. The quantitative estimate of drug-likeness (QED) is 0.591. The van der Waals surface area contributed by atoms with Crippen molar-refractivity contribution >= 4 is 12.3 Å². The van der Waals surface area contributed by atoms with Gasteiger partial charge in [0.05, 0.1) is 6.61 Å². The van der Waals surface area contributed by atoms with Crippen LogP contribution in [-0.4, -0.2) is 30.6 Å². The van der Waals surface area contributed by atoms with Gasteiger partial charge < -0.3 is 9.84 Å². The zero-order chi connectivity index (χ0) is 7.82. The summed E-state index contributed by atoms with van der Waals surface area (Å²) in [6, 6.07) is 0. The van der Waals surface area contributed by atoms with E-state index in [9.17, 15) is 4.79 Å². The van der Waals surface area contributed by atoms with E-state index in [1.165, 1.54) is 6.21 Å². The second kappa shape index (κ2) is 6.22. The molecule has 1 N–H and O–H groups in total. The number of nitrogens with zero attached hydrogens (tertiary/aromatic N) is 1. The first-order valence-electron chi connectivity index (χ1n) is 3.11. The lowest BCUT2D eigenvalue weighted by Gasteiger charge is -1.94.